The van der Waals surface area contributed by atoms with Crippen LogP contribution in [-0.2, 0) is 13.6 Å². The van der Waals surface area contributed by atoms with Crippen LogP contribution in [0.1, 0.15) is 22.5 Å². The molecule has 0 atom stereocenters. The Bertz CT molecular complexity index is 936. The molecule has 0 unspecified atom stereocenters. The van der Waals surface area contributed by atoms with E-state index in [9.17, 15) is 0 Å². The number of imidazole rings is 1. The van der Waals surface area contributed by atoms with Gasteiger partial charge in [0.1, 0.15) is 0 Å². The summed E-state index contributed by atoms with van der Waals surface area (Å²) in [6.07, 6.45) is 0. The maximum Gasteiger partial charge on any atom is 0.178 e. The number of nitrogens with one attached hydrogen (secondary N) is 1. The molecule has 2 aromatic heterocycles. The molecule has 0 bridgehead atoms. The molecular weight excluding hydrogens is 282 g/mol. The summed E-state index contributed by atoms with van der Waals surface area (Å²) in [7, 11) is 1.94. The number of nitrogens with zero attached hydrogens (tertiary/aromatic N) is 4. The predicted molar refractivity (Wildman–Crippen MR) is 83.6 cm³/mol. The molecule has 0 saturated carbocycles. The number of fused-ring (bicyclic) bond motifs is 1. The van der Waals surface area contributed by atoms with Gasteiger partial charge in [-0.25, -0.2) is 0 Å². The van der Waals surface area contributed by atoms with E-state index < -0.39 is 0 Å². The first-order valence-electron chi connectivity index (χ1n) is 6.63. The van der Waals surface area contributed by atoms with Crippen molar-refractivity contribution in [2.75, 3.05) is 0 Å². The Morgan fingerprint density at radius 1 is 1.38 bits per heavy atom. The fourth-order valence-electron chi connectivity index (χ4n) is 2.58. The van der Waals surface area contributed by atoms with Crippen LogP contribution < -0.4 is 0 Å². The van der Waals surface area contributed by atoms with E-state index in [0.29, 0.717) is 16.9 Å². The molecule has 3 aromatic rings. The molecule has 0 radical (unpaired) electrons. The molecule has 0 aliphatic rings. The van der Waals surface area contributed by atoms with Crippen LogP contribution in [0.3, 0.4) is 0 Å². The van der Waals surface area contributed by atoms with Gasteiger partial charge in [0, 0.05) is 18.3 Å². The third-order valence-electron chi connectivity index (χ3n) is 3.88. The van der Waals surface area contributed by atoms with Crippen molar-refractivity contribution in [3.8, 4) is 6.07 Å². The minimum absolute atomic E-state index is 0.630. The smallest absolute Gasteiger partial charge is 0.178 e. The standard InChI is InChI=1S/C15H15N5S/c1-9-12(10(2)19(3)18-9)8-20-14-6-11(7-16)4-5-13(14)17-15(20)21/h4-6H,8H2,1-3H3,(H,17,21). The first-order chi connectivity index (χ1) is 10.0. The van der Waals surface area contributed by atoms with E-state index in [1.165, 1.54) is 0 Å². The number of nitriles is 1. The third kappa shape index (κ3) is 2.16. The summed E-state index contributed by atoms with van der Waals surface area (Å²) in [5.74, 6) is 0. The maximum atomic E-state index is 9.07. The fourth-order valence-corrected chi connectivity index (χ4v) is 2.86. The second-order valence-corrected chi connectivity index (χ2v) is 5.52. The molecule has 3 rings (SSSR count). The highest BCUT2D eigenvalue weighted by molar-refractivity contribution is 7.71. The van der Waals surface area contributed by atoms with Crippen molar-refractivity contribution in [3.05, 3.63) is 45.5 Å². The summed E-state index contributed by atoms with van der Waals surface area (Å²) in [4.78, 5) is 3.19. The number of rotatable bonds is 2. The lowest BCUT2D eigenvalue weighted by molar-refractivity contribution is 0.727. The minimum atomic E-state index is 0.630. The van der Waals surface area contributed by atoms with Crippen LogP contribution >= 0.6 is 12.2 Å². The van der Waals surface area contributed by atoms with Gasteiger partial charge in [0.2, 0.25) is 0 Å². The molecule has 6 heteroatoms. The van der Waals surface area contributed by atoms with E-state index in [2.05, 4.69) is 23.1 Å². The van der Waals surface area contributed by atoms with E-state index in [4.69, 9.17) is 17.5 Å². The lowest BCUT2D eigenvalue weighted by atomic mass is 10.2. The van der Waals surface area contributed by atoms with Crippen molar-refractivity contribution in [3.63, 3.8) is 0 Å². The molecule has 0 spiro atoms. The van der Waals surface area contributed by atoms with Gasteiger partial charge >= 0.3 is 0 Å². The van der Waals surface area contributed by atoms with Crippen LogP contribution in [0.25, 0.3) is 11.0 Å². The predicted octanol–water partition coefficient (Wildman–Crippen LogP) is 2.97. The normalized spacial score (nSPS) is 11.0. The van der Waals surface area contributed by atoms with Crippen molar-refractivity contribution in [2.45, 2.75) is 20.4 Å². The Labute approximate surface area is 127 Å². The lowest BCUT2D eigenvalue weighted by Gasteiger charge is -2.06. The van der Waals surface area contributed by atoms with Gasteiger partial charge in [-0.1, -0.05) is 0 Å². The molecule has 0 fully saturated rings. The van der Waals surface area contributed by atoms with E-state index >= 15 is 0 Å². The van der Waals surface area contributed by atoms with Crippen LogP contribution in [0.4, 0.5) is 0 Å². The number of aryl methyl sites for hydroxylation is 2. The fraction of sp³-hybridized carbons (Fsp3) is 0.267. The van der Waals surface area contributed by atoms with Crippen molar-refractivity contribution in [2.24, 2.45) is 7.05 Å². The van der Waals surface area contributed by atoms with E-state index in [1.54, 1.807) is 6.07 Å². The van der Waals surface area contributed by atoms with Gasteiger partial charge in [0.25, 0.3) is 0 Å². The summed E-state index contributed by atoms with van der Waals surface area (Å²) in [5, 5.41) is 13.5. The number of hydrogen-bond acceptors (Lipinski definition) is 3. The monoisotopic (exact) mass is 297 g/mol. The highest BCUT2D eigenvalue weighted by atomic mass is 32.1. The van der Waals surface area contributed by atoms with Gasteiger partial charge < -0.3 is 9.55 Å². The molecule has 106 valence electrons. The molecule has 5 nitrogen and oxygen atoms in total. The summed E-state index contributed by atoms with van der Waals surface area (Å²) in [5.41, 5.74) is 5.81. The number of aromatic nitrogens is 4. The molecule has 0 aliphatic heterocycles. The zero-order valence-corrected chi connectivity index (χ0v) is 13.0. The van der Waals surface area contributed by atoms with Crippen molar-refractivity contribution in [1.82, 2.24) is 19.3 Å². The number of benzene rings is 1. The van der Waals surface area contributed by atoms with Gasteiger partial charge in [-0.15, -0.1) is 0 Å². The minimum Gasteiger partial charge on any atom is -0.331 e. The van der Waals surface area contributed by atoms with E-state index in [0.717, 1.165) is 28.0 Å². The Morgan fingerprint density at radius 3 is 2.76 bits per heavy atom. The van der Waals surface area contributed by atoms with Crippen molar-refractivity contribution >= 4 is 23.3 Å². The molecular formula is C15H15N5S. The van der Waals surface area contributed by atoms with Crippen LogP contribution in [0.2, 0.25) is 0 Å². The van der Waals surface area contributed by atoms with Gasteiger partial charge in [0.15, 0.2) is 4.77 Å². The average Bonchev–Trinajstić information content (AvgIpc) is 2.89. The van der Waals surface area contributed by atoms with Gasteiger partial charge in [0.05, 0.1) is 34.9 Å². The van der Waals surface area contributed by atoms with E-state index in [1.807, 2.05) is 35.4 Å². The topological polar surface area (TPSA) is 62.3 Å². The summed E-state index contributed by atoms with van der Waals surface area (Å²) in [6, 6.07) is 7.71. The first kappa shape index (κ1) is 13.6. The molecule has 1 N–H and O–H groups in total. The lowest BCUT2D eigenvalue weighted by Crippen LogP contribution is -2.02. The average molecular weight is 297 g/mol. The first-order valence-corrected chi connectivity index (χ1v) is 7.04. The summed E-state index contributed by atoms with van der Waals surface area (Å²) >= 11 is 5.42. The Morgan fingerprint density at radius 2 is 2.14 bits per heavy atom. The zero-order chi connectivity index (χ0) is 15.1. The van der Waals surface area contributed by atoms with Crippen LogP contribution in [-0.4, -0.2) is 19.3 Å². The zero-order valence-electron chi connectivity index (χ0n) is 12.1. The van der Waals surface area contributed by atoms with Crippen molar-refractivity contribution < 1.29 is 0 Å². The quantitative estimate of drug-likeness (QED) is 0.740. The highest BCUT2D eigenvalue weighted by Gasteiger charge is 2.13. The summed E-state index contributed by atoms with van der Waals surface area (Å²) in [6.45, 7) is 4.70. The Balaban J connectivity index is 2.18. The van der Waals surface area contributed by atoms with Crippen LogP contribution in [0.5, 0.6) is 0 Å². The summed E-state index contributed by atoms with van der Waals surface area (Å²) < 4.78 is 4.55. The SMILES string of the molecule is Cc1nn(C)c(C)c1Cn1c(=S)[nH]c2ccc(C#N)cc21. The molecule has 0 amide bonds. The van der Waals surface area contributed by atoms with Gasteiger partial charge in [-0.3, -0.25) is 4.68 Å². The molecule has 0 saturated heterocycles. The second kappa shape index (κ2) is 4.86. The third-order valence-corrected chi connectivity index (χ3v) is 4.20. The number of aromatic amines is 1. The molecule has 2 heterocycles. The molecule has 0 aliphatic carbocycles. The number of H-pyrrole nitrogens is 1. The molecule has 21 heavy (non-hydrogen) atoms. The van der Waals surface area contributed by atoms with Crippen LogP contribution in [0.15, 0.2) is 18.2 Å². The van der Waals surface area contributed by atoms with E-state index in [-0.39, 0.29) is 0 Å². The van der Waals surface area contributed by atoms with Gasteiger partial charge in [-0.2, -0.15) is 10.4 Å². The Hall–Kier alpha value is -2.39. The Kier molecular flexibility index (Phi) is 3.15. The second-order valence-electron chi connectivity index (χ2n) is 5.13. The highest BCUT2D eigenvalue weighted by Crippen LogP contribution is 2.20. The number of hydrogen-bond donors (Lipinski definition) is 1. The molecule has 1 aromatic carbocycles. The van der Waals surface area contributed by atoms with Crippen molar-refractivity contribution in [1.29, 1.82) is 5.26 Å². The van der Waals surface area contributed by atoms with Crippen LogP contribution in [0, 0.1) is 29.9 Å². The maximum absolute atomic E-state index is 9.07. The largest absolute Gasteiger partial charge is 0.331 e. The van der Waals surface area contributed by atoms with Gasteiger partial charge in [-0.05, 0) is 44.3 Å².